The van der Waals surface area contributed by atoms with Crippen molar-refractivity contribution in [1.29, 1.82) is 0 Å². The van der Waals surface area contributed by atoms with Crippen molar-refractivity contribution in [2.24, 2.45) is 7.05 Å². The fourth-order valence-corrected chi connectivity index (χ4v) is 5.50. The molecule has 5 rings (SSSR count). The van der Waals surface area contributed by atoms with E-state index in [2.05, 4.69) is 22.3 Å². The van der Waals surface area contributed by atoms with Gasteiger partial charge in [0, 0.05) is 36.4 Å². The number of anilines is 1. The maximum atomic E-state index is 5.61. The van der Waals surface area contributed by atoms with E-state index in [-0.39, 0.29) is 0 Å². The van der Waals surface area contributed by atoms with Gasteiger partial charge in [-0.1, -0.05) is 6.92 Å². The lowest BCUT2D eigenvalue weighted by Crippen LogP contribution is -2.07. The minimum absolute atomic E-state index is 0.601. The van der Waals surface area contributed by atoms with Gasteiger partial charge in [0.25, 0.3) is 0 Å². The van der Waals surface area contributed by atoms with Crippen LogP contribution in [-0.2, 0) is 32.9 Å². The molecule has 154 valence electrons. The fraction of sp³-hybridized carbons (Fsp3) is 0.364. The number of rotatable bonds is 6. The van der Waals surface area contributed by atoms with Crippen molar-refractivity contribution >= 4 is 27.4 Å². The molecule has 0 aromatic carbocycles. The molecule has 4 aromatic heterocycles. The van der Waals surface area contributed by atoms with Gasteiger partial charge in [-0.25, -0.2) is 14.6 Å². The maximum Gasteiger partial charge on any atom is 0.216 e. The van der Waals surface area contributed by atoms with Crippen LogP contribution in [0.15, 0.2) is 24.5 Å². The first kappa shape index (κ1) is 19.0. The molecule has 0 atom stereocenters. The zero-order valence-corrected chi connectivity index (χ0v) is 18.2. The lowest BCUT2D eigenvalue weighted by molar-refractivity contribution is 0.370. The summed E-state index contributed by atoms with van der Waals surface area (Å²) >= 11 is 1.80. The molecule has 4 heterocycles. The SMILES string of the molecule is CCc1nn(C)c(OC)c1CNc1nc(-c2cccnc2)nc2sc3c(c12)CCC3. The van der Waals surface area contributed by atoms with Gasteiger partial charge in [0.15, 0.2) is 5.82 Å². The van der Waals surface area contributed by atoms with Crippen LogP contribution in [0.5, 0.6) is 5.88 Å². The zero-order chi connectivity index (χ0) is 20.7. The standard InChI is InChI=1S/C22H24N6OS/c1-4-16-15(22(29-3)28(2)27-16)12-24-20-18-14-8-5-9-17(14)30-21(18)26-19(25-20)13-7-6-10-23-11-13/h6-7,10-11H,4-5,8-9,12H2,1-3H3,(H,24,25,26). The second kappa shape index (κ2) is 7.68. The number of hydrogen-bond acceptors (Lipinski definition) is 7. The molecular weight excluding hydrogens is 396 g/mol. The highest BCUT2D eigenvalue weighted by Crippen LogP contribution is 2.40. The van der Waals surface area contributed by atoms with Crippen LogP contribution in [0.25, 0.3) is 21.6 Å². The minimum atomic E-state index is 0.601. The lowest BCUT2D eigenvalue weighted by atomic mass is 10.1. The Morgan fingerprint density at radius 2 is 2.17 bits per heavy atom. The summed E-state index contributed by atoms with van der Waals surface area (Å²) in [6.45, 7) is 2.71. The van der Waals surface area contributed by atoms with Crippen molar-refractivity contribution in [1.82, 2.24) is 24.7 Å². The van der Waals surface area contributed by atoms with E-state index in [1.54, 1.807) is 29.3 Å². The molecule has 0 radical (unpaired) electrons. The van der Waals surface area contributed by atoms with Gasteiger partial charge in [0.2, 0.25) is 5.88 Å². The third kappa shape index (κ3) is 3.11. The van der Waals surface area contributed by atoms with Gasteiger partial charge in [-0.3, -0.25) is 4.98 Å². The normalized spacial score (nSPS) is 13.0. The van der Waals surface area contributed by atoms with Crippen molar-refractivity contribution < 1.29 is 4.74 Å². The van der Waals surface area contributed by atoms with Crippen LogP contribution in [0, 0.1) is 0 Å². The van der Waals surface area contributed by atoms with E-state index in [0.29, 0.717) is 12.4 Å². The second-order valence-electron chi connectivity index (χ2n) is 7.44. The van der Waals surface area contributed by atoms with Crippen molar-refractivity contribution in [2.45, 2.75) is 39.2 Å². The molecule has 4 aromatic rings. The summed E-state index contributed by atoms with van der Waals surface area (Å²) < 4.78 is 7.41. The Morgan fingerprint density at radius 1 is 1.27 bits per heavy atom. The molecule has 7 nitrogen and oxygen atoms in total. The van der Waals surface area contributed by atoms with Crippen LogP contribution < -0.4 is 10.1 Å². The maximum absolute atomic E-state index is 5.61. The molecule has 8 heteroatoms. The fourth-order valence-electron chi connectivity index (χ4n) is 4.24. The Labute approximate surface area is 179 Å². The molecule has 0 saturated heterocycles. The first-order valence-corrected chi connectivity index (χ1v) is 11.1. The van der Waals surface area contributed by atoms with Crippen LogP contribution in [-0.4, -0.2) is 31.8 Å². The van der Waals surface area contributed by atoms with Crippen molar-refractivity contribution in [3.05, 3.63) is 46.2 Å². The van der Waals surface area contributed by atoms with E-state index >= 15 is 0 Å². The smallest absolute Gasteiger partial charge is 0.216 e. The number of hydrogen-bond donors (Lipinski definition) is 1. The Kier molecular flexibility index (Phi) is 4.86. The predicted molar refractivity (Wildman–Crippen MR) is 119 cm³/mol. The number of aryl methyl sites for hydroxylation is 4. The van der Waals surface area contributed by atoms with Crippen molar-refractivity contribution in [2.75, 3.05) is 12.4 Å². The number of ether oxygens (including phenoxy) is 1. The third-order valence-electron chi connectivity index (χ3n) is 5.62. The van der Waals surface area contributed by atoms with Gasteiger partial charge in [0.05, 0.1) is 23.8 Å². The van der Waals surface area contributed by atoms with Crippen molar-refractivity contribution in [3.8, 4) is 17.3 Å². The Balaban J connectivity index is 1.60. The molecule has 1 N–H and O–H groups in total. The van der Waals surface area contributed by atoms with Gasteiger partial charge in [-0.15, -0.1) is 11.3 Å². The highest BCUT2D eigenvalue weighted by Gasteiger charge is 2.23. The summed E-state index contributed by atoms with van der Waals surface area (Å²) in [4.78, 5) is 16.5. The molecule has 0 unspecified atom stereocenters. The molecule has 0 amide bonds. The molecule has 0 aliphatic heterocycles. The Bertz CT molecular complexity index is 1210. The Hall–Kier alpha value is -3.00. The predicted octanol–water partition coefficient (Wildman–Crippen LogP) is 4.16. The van der Waals surface area contributed by atoms with E-state index in [1.165, 1.54) is 22.2 Å². The number of aromatic nitrogens is 5. The minimum Gasteiger partial charge on any atom is -0.481 e. The van der Waals surface area contributed by atoms with Gasteiger partial charge in [0.1, 0.15) is 10.6 Å². The highest BCUT2D eigenvalue weighted by atomic mass is 32.1. The summed E-state index contributed by atoms with van der Waals surface area (Å²) in [5, 5.41) is 9.36. The van der Waals surface area contributed by atoms with Gasteiger partial charge < -0.3 is 10.1 Å². The van der Waals surface area contributed by atoms with Gasteiger partial charge in [-0.2, -0.15) is 5.10 Å². The molecule has 30 heavy (non-hydrogen) atoms. The van der Waals surface area contributed by atoms with Gasteiger partial charge in [-0.05, 0) is 43.4 Å². The van der Waals surface area contributed by atoms with E-state index in [4.69, 9.17) is 14.7 Å². The van der Waals surface area contributed by atoms with E-state index in [1.807, 2.05) is 25.4 Å². The molecule has 0 spiro atoms. The number of methoxy groups -OCH3 is 1. The summed E-state index contributed by atoms with van der Waals surface area (Å²) in [6.07, 6.45) is 7.86. The van der Waals surface area contributed by atoms with E-state index < -0.39 is 0 Å². The monoisotopic (exact) mass is 420 g/mol. The first-order valence-electron chi connectivity index (χ1n) is 10.2. The van der Waals surface area contributed by atoms with E-state index in [9.17, 15) is 0 Å². The molecule has 0 saturated carbocycles. The highest BCUT2D eigenvalue weighted by molar-refractivity contribution is 7.19. The number of pyridine rings is 1. The topological polar surface area (TPSA) is 77.8 Å². The average Bonchev–Trinajstić information content (AvgIpc) is 3.44. The third-order valence-corrected chi connectivity index (χ3v) is 6.80. The molecular formula is C22H24N6OS. The second-order valence-corrected chi connectivity index (χ2v) is 8.52. The summed E-state index contributed by atoms with van der Waals surface area (Å²) in [6, 6.07) is 3.91. The summed E-state index contributed by atoms with van der Waals surface area (Å²) in [7, 11) is 3.60. The van der Waals surface area contributed by atoms with Crippen LogP contribution in [0.1, 0.15) is 35.0 Å². The van der Waals surface area contributed by atoms with Gasteiger partial charge >= 0.3 is 0 Å². The van der Waals surface area contributed by atoms with Crippen LogP contribution in [0.2, 0.25) is 0 Å². The quantitative estimate of drug-likeness (QED) is 0.505. The van der Waals surface area contributed by atoms with Crippen molar-refractivity contribution in [3.63, 3.8) is 0 Å². The molecule has 1 aliphatic rings. The van der Waals surface area contributed by atoms with Crippen LogP contribution in [0.4, 0.5) is 5.82 Å². The van der Waals surface area contributed by atoms with Crippen LogP contribution >= 0.6 is 11.3 Å². The molecule has 0 fully saturated rings. The molecule has 0 bridgehead atoms. The number of thiophene rings is 1. The number of fused-ring (bicyclic) bond motifs is 3. The first-order chi connectivity index (χ1) is 14.7. The van der Waals surface area contributed by atoms with Crippen LogP contribution in [0.3, 0.4) is 0 Å². The molecule has 1 aliphatic carbocycles. The number of nitrogens with zero attached hydrogens (tertiary/aromatic N) is 5. The Morgan fingerprint density at radius 3 is 2.93 bits per heavy atom. The van der Waals surface area contributed by atoms with E-state index in [0.717, 1.165) is 52.6 Å². The largest absolute Gasteiger partial charge is 0.481 e. The zero-order valence-electron chi connectivity index (χ0n) is 17.4. The lowest BCUT2D eigenvalue weighted by Gasteiger charge is -2.11. The summed E-state index contributed by atoms with van der Waals surface area (Å²) in [5.41, 5.74) is 4.44. The average molecular weight is 421 g/mol. The number of nitrogens with one attached hydrogen (secondary N) is 1. The summed E-state index contributed by atoms with van der Waals surface area (Å²) in [5.74, 6) is 2.37.